The van der Waals surface area contributed by atoms with E-state index in [1.165, 1.54) is 4.90 Å². The number of aryl methyl sites for hydroxylation is 1. The highest BCUT2D eigenvalue weighted by molar-refractivity contribution is 5.85. The topological polar surface area (TPSA) is 117 Å². The maximum absolute atomic E-state index is 12.4. The molecule has 0 radical (unpaired) electrons. The number of rotatable bonds is 8. The van der Waals surface area contributed by atoms with Crippen LogP contribution in [0.5, 0.6) is 0 Å². The van der Waals surface area contributed by atoms with E-state index in [9.17, 15) is 14.4 Å². The van der Waals surface area contributed by atoms with E-state index in [-0.39, 0.29) is 24.9 Å². The maximum Gasteiger partial charge on any atom is 0.308 e. The third-order valence-corrected chi connectivity index (χ3v) is 5.13. The van der Waals surface area contributed by atoms with Crippen LogP contribution < -0.4 is 0 Å². The van der Waals surface area contributed by atoms with Crippen LogP contribution in [-0.4, -0.2) is 69.5 Å². The van der Waals surface area contributed by atoms with E-state index in [0.29, 0.717) is 50.5 Å². The lowest BCUT2D eigenvalue weighted by molar-refractivity contribution is -0.147. The van der Waals surface area contributed by atoms with Gasteiger partial charge in [-0.05, 0) is 32.1 Å². The fourth-order valence-electron chi connectivity index (χ4n) is 3.25. The number of carbonyl (C=O) groups excluding carboxylic acids is 2. The highest BCUT2D eigenvalue weighted by atomic mass is 16.5. The van der Waals surface area contributed by atoms with Crippen molar-refractivity contribution in [2.24, 2.45) is 5.92 Å². The summed E-state index contributed by atoms with van der Waals surface area (Å²) in [6.45, 7) is 0.735. The quantitative estimate of drug-likeness (QED) is 0.718. The lowest BCUT2D eigenvalue weighted by Gasteiger charge is -2.32. The molecule has 2 amide bonds. The van der Waals surface area contributed by atoms with Gasteiger partial charge in [0.1, 0.15) is 0 Å². The van der Waals surface area contributed by atoms with Gasteiger partial charge in [-0.25, -0.2) is 0 Å². The summed E-state index contributed by atoms with van der Waals surface area (Å²) < 4.78 is 5.19. The van der Waals surface area contributed by atoms with Gasteiger partial charge in [0.15, 0.2) is 5.82 Å². The Labute approximate surface area is 157 Å². The van der Waals surface area contributed by atoms with Crippen molar-refractivity contribution < 1.29 is 24.0 Å². The molecule has 1 saturated heterocycles. The van der Waals surface area contributed by atoms with E-state index < -0.39 is 11.9 Å². The summed E-state index contributed by atoms with van der Waals surface area (Å²) in [7, 11) is 1.59. The van der Waals surface area contributed by atoms with Crippen molar-refractivity contribution in [3.63, 3.8) is 0 Å². The zero-order valence-electron chi connectivity index (χ0n) is 15.6. The summed E-state index contributed by atoms with van der Waals surface area (Å²) in [6, 6.07) is 0. The Morgan fingerprint density at radius 3 is 2.78 bits per heavy atom. The molecular formula is C18H26N4O5. The van der Waals surface area contributed by atoms with Crippen LogP contribution in [0.25, 0.3) is 0 Å². The van der Waals surface area contributed by atoms with Gasteiger partial charge in [-0.3, -0.25) is 14.4 Å². The molecule has 1 saturated carbocycles. The molecule has 0 spiro atoms. The van der Waals surface area contributed by atoms with Crippen molar-refractivity contribution in [2.45, 2.75) is 50.9 Å². The largest absolute Gasteiger partial charge is 0.481 e. The van der Waals surface area contributed by atoms with E-state index in [0.717, 1.165) is 18.7 Å². The van der Waals surface area contributed by atoms with Gasteiger partial charge < -0.3 is 19.4 Å². The summed E-state index contributed by atoms with van der Waals surface area (Å²) in [5.74, 6) is 0.0368. The fourth-order valence-corrected chi connectivity index (χ4v) is 3.25. The van der Waals surface area contributed by atoms with E-state index in [4.69, 9.17) is 9.63 Å². The molecule has 1 atom stereocenters. The van der Waals surface area contributed by atoms with E-state index in [1.54, 1.807) is 11.9 Å². The number of nitrogens with zero attached hydrogens (tertiary/aromatic N) is 4. The van der Waals surface area contributed by atoms with Crippen molar-refractivity contribution in [1.82, 2.24) is 19.9 Å². The molecule has 0 aromatic carbocycles. The molecule has 9 heteroatoms. The van der Waals surface area contributed by atoms with Gasteiger partial charge >= 0.3 is 5.97 Å². The second kappa shape index (κ2) is 8.49. The number of amides is 2. The number of aromatic nitrogens is 2. The molecule has 1 unspecified atom stereocenters. The normalized spacial score (nSPS) is 19.7. The van der Waals surface area contributed by atoms with Gasteiger partial charge in [0.2, 0.25) is 17.7 Å². The van der Waals surface area contributed by atoms with Gasteiger partial charge in [-0.15, -0.1) is 0 Å². The van der Waals surface area contributed by atoms with Crippen LogP contribution in [0.4, 0.5) is 0 Å². The molecule has 0 bridgehead atoms. The zero-order valence-corrected chi connectivity index (χ0v) is 15.6. The molecule has 3 rings (SSSR count). The Balaban J connectivity index is 1.38. The number of likely N-dealkylation sites (tertiary alicyclic amines) is 1. The smallest absolute Gasteiger partial charge is 0.308 e. The minimum atomic E-state index is -0.872. The van der Waals surface area contributed by atoms with Crippen molar-refractivity contribution in [3.8, 4) is 0 Å². The second-order valence-corrected chi connectivity index (χ2v) is 7.44. The molecule has 1 aliphatic carbocycles. The minimum absolute atomic E-state index is 0.0302. The molecule has 1 aromatic heterocycles. The van der Waals surface area contributed by atoms with Gasteiger partial charge in [-0.1, -0.05) is 5.16 Å². The second-order valence-electron chi connectivity index (χ2n) is 7.44. The number of carboxylic acids is 1. The first kappa shape index (κ1) is 19.3. The van der Waals surface area contributed by atoms with E-state index >= 15 is 0 Å². The third-order valence-electron chi connectivity index (χ3n) is 5.13. The summed E-state index contributed by atoms with van der Waals surface area (Å²) in [4.78, 5) is 43.0. The highest BCUT2D eigenvalue weighted by Crippen LogP contribution is 2.38. The first-order valence-corrected chi connectivity index (χ1v) is 9.51. The zero-order chi connectivity index (χ0) is 19.4. The first-order valence-electron chi connectivity index (χ1n) is 9.51. The highest BCUT2D eigenvalue weighted by Gasteiger charge is 2.30. The third kappa shape index (κ3) is 5.27. The van der Waals surface area contributed by atoms with Gasteiger partial charge in [0.25, 0.3) is 0 Å². The summed E-state index contributed by atoms with van der Waals surface area (Å²) in [5, 5.41) is 13.1. The monoisotopic (exact) mass is 378 g/mol. The number of likely N-dealkylation sites (N-methyl/N-ethyl adjacent to an activating group) is 1. The van der Waals surface area contributed by atoms with Crippen LogP contribution in [0.15, 0.2) is 4.52 Å². The number of piperidine rings is 1. The number of aliphatic carboxylic acids is 1. The van der Waals surface area contributed by atoms with Crippen LogP contribution in [0.1, 0.15) is 56.2 Å². The Bertz CT molecular complexity index is 700. The molecule has 2 fully saturated rings. The van der Waals surface area contributed by atoms with Crippen LogP contribution in [0, 0.1) is 5.92 Å². The molecule has 1 aromatic rings. The van der Waals surface area contributed by atoms with Crippen molar-refractivity contribution in [3.05, 3.63) is 11.7 Å². The molecule has 27 heavy (non-hydrogen) atoms. The first-order chi connectivity index (χ1) is 12.9. The molecule has 1 N–H and O–H groups in total. The maximum atomic E-state index is 12.4. The predicted octanol–water partition coefficient (Wildman–Crippen LogP) is 1.05. The standard InChI is InChI=1S/C18H26N4O5/c1-21(11-16(24)22-9-3-4-13(10-22)18(25)26)15(23)6-2-5-14-19-17(20-27-14)12-7-8-12/h12-13H,2-11H2,1H3,(H,25,26). The Kier molecular flexibility index (Phi) is 6.08. The number of hydrogen-bond donors (Lipinski definition) is 1. The minimum Gasteiger partial charge on any atom is -0.481 e. The van der Waals surface area contributed by atoms with Crippen molar-refractivity contribution in [1.29, 1.82) is 0 Å². The Hall–Kier alpha value is -2.45. The average Bonchev–Trinajstić information content (AvgIpc) is 3.40. The fraction of sp³-hybridized carbons (Fsp3) is 0.722. The lowest BCUT2D eigenvalue weighted by atomic mass is 9.98. The molecule has 9 nitrogen and oxygen atoms in total. The lowest BCUT2D eigenvalue weighted by Crippen LogP contribution is -2.46. The molecule has 2 heterocycles. The number of hydrogen-bond acceptors (Lipinski definition) is 6. The van der Waals surface area contributed by atoms with Crippen molar-refractivity contribution >= 4 is 17.8 Å². The summed E-state index contributed by atoms with van der Waals surface area (Å²) >= 11 is 0. The Morgan fingerprint density at radius 1 is 1.30 bits per heavy atom. The van der Waals surface area contributed by atoms with E-state index in [2.05, 4.69) is 10.1 Å². The van der Waals surface area contributed by atoms with Gasteiger partial charge in [-0.2, -0.15) is 4.98 Å². The predicted molar refractivity (Wildman–Crippen MR) is 93.8 cm³/mol. The van der Waals surface area contributed by atoms with Crippen LogP contribution in [0.3, 0.4) is 0 Å². The molecule has 148 valence electrons. The molecule has 1 aliphatic heterocycles. The summed E-state index contributed by atoms with van der Waals surface area (Å²) in [5.41, 5.74) is 0. The Morgan fingerprint density at radius 2 is 2.07 bits per heavy atom. The molecular weight excluding hydrogens is 352 g/mol. The van der Waals surface area contributed by atoms with Crippen molar-refractivity contribution in [2.75, 3.05) is 26.7 Å². The average molecular weight is 378 g/mol. The SMILES string of the molecule is CN(CC(=O)N1CCCC(C(=O)O)C1)C(=O)CCCc1nc(C2CC2)no1. The van der Waals surface area contributed by atoms with Crippen LogP contribution >= 0.6 is 0 Å². The van der Waals surface area contributed by atoms with Crippen LogP contribution in [0.2, 0.25) is 0 Å². The van der Waals surface area contributed by atoms with Crippen LogP contribution in [-0.2, 0) is 20.8 Å². The van der Waals surface area contributed by atoms with Gasteiger partial charge in [0, 0.05) is 38.9 Å². The molecule has 2 aliphatic rings. The van der Waals surface area contributed by atoms with Gasteiger partial charge in [0.05, 0.1) is 12.5 Å². The number of carbonyl (C=O) groups is 3. The number of carboxylic acid groups (broad SMARTS) is 1. The van der Waals surface area contributed by atoms with E-state index in [1.807, 2.05) is 0 Å². The summed E-state index contributed by atoms with van der Waals surface area (Å²) in [6.07, 6.45) is 4.90.